The van der Waals surface area contributed by atoms with Gasteiger partial charge in [-0.05, 0) is 39.4 Å². The van der Waals surface area contributed by atoms with Crippen LogP contribution in [-0.4, -0.2) is 19.9 Å². The summed E-state index contributed by atoms with van der Waals surface area (Å²) in [5.74, 6) is 1.85. The van der Waals surface area contributed by atoms with Gasteiger partial charge >= 0.3 is 0 Å². The van der Waals surface area contributed by atoms with Crippen LogP contribution in [0.1, 0.15) is 0 Å². The Morgan fingerprint density at radius 2 is 0.688 bits per heavy atom. The van der Waals surface area contributed by atoms with E-state index in [2.05, 4.69) is 151 Å². The Hall–Kier alpha value is -6.52. The summed E-state index contributed by atoms with van der Waals surface area (Å²) in [7, 11) is 0. The molecule has 0 N–H and O–H groups in total. The highest BCUT2D eigenvalue weighted by Crippen LogP contribution is 2.39. The second-order valence-corrected chi connectivity index (χ2v) is 11.5. The molecule has 0 atom stereocenters. The molecule has 0 aliphatic carbocycles. The van der Waals surface area contributed by atoms with Crippen LogP contribution in [0, 0.1) is 0 Å². The van der Waals surface area contributed by atoms with Crippen molar-refractivity contribution in [3.63, 3.8) is 0 Å². The molecule has 48 heavy (non-hydrogen) atoms. The van der Waals surface area contributed by atoms with Gasteiger partial charge in [-0.3, -0.25) is 4.98 Å². The summed E-state index contributed by atoms with van der Waals surface area (Å²) in [4.78, 5) is 19.8. The minimum absolute atomic E-state index is 0.610. The maximum Gasteiger partial charge on any atom is 0.164 e. The van der Waals surface area contributed by atoms with E-state index in [4.69, 9.17) is 15.0 Å². The minimum Gasteiger partial charge on any atom is -0.264 e. The van der Waals surface area contributed by atoms with E-state index >= 15 is 0 Å². The van der Waals surface area contributed by atoms with Crippen LogP contribution in [0.5, 0.6) is 0 Å². The van der Waals surface area contributed by atoms with Gasteiger partial charge in [0.1, 0.15) is 0 Å². The van der Waals surface area contributed by atoms with Crippen molar-refractivity contribution >= 4 is 0 Å². The van der Waals surface area contributed by atoms with Crippen molar-refractivity contribution in [2.75, 3.05) is 0 Å². The molecule has 2 aromatic heterocycles. The Morgan fingerprint density at radius 1 is 0.271 bits per heavy atom. The van der Waals surface area contributed by atoms with Gasteiger partial charge in [0.15, 0.2) is 17.5 Å². The van der Waals surface area contributed by atoms with Gasteiger partial charge in [-0.2, -0.15) is 0 Å². The summed E-state index contributed by atoms with van der Waals surface area (Å²) in [5.41, 5.74) is 11.6. The first-order valence-corrected chi connectivity index (χ1v) is 16.0. The van der Waals surface area contributed by atoms with Crippen molar-refractivity contribution in [2.24, 2.45) is 0 Å². The number of benzene rings is 6. The second-order valence-electron chi connectivity index (χ2n) is 11.5. The summed E-state index contributed by atoms with van der Waals surface area (Å²) >= 11 is 0. The lowest BCUT2D eigenvalue weighted by Gasteiger charge is -2.16. The number of nitrogens with zero attached hydrogens (tertiary/aromatic N) is 4. The summed E-state index contributed by atoms with van der Waals surface area (Å²) in [6.07, 6.45) is 3.70. The molecule has 0 saturated carbocycles. The quantitative estimate of drug-likeness (QED) is 0.179. The third kappa shape index (κ3) is 5.91. The molecule has 0 unspecified atom stereocenters. The van der Waals surface area contributed by atoms with E-state index in [9.17, 15) is 0 Å². The molecule has 0 saturated heterocycles. The van der Waals surface area contributed by atoms with Crippen LogP contribution in [0.25, 0.3) is 78.7 Å². The number of hydrogen-bond donors (Lipinski definition) is 0. The second kappa shape index (κ2) is 13.1. The summed E-state index contributed by atoms with van der Waals surface area (Å²) in [6.45, 7) is 0. The first-order valence-electron chi connectivity index (χ1n) is 16.0. The fraction of sp³-hybridized carbons (Fsp3) is 0. The van der Waals surface area contributed by atoms with Crippen molar-refractivity contribution in [1.29, 1.82) is 0 Å². The van der Waals surface area contributed by atoms with Gasteiger partial charge in [-0.25, -0.2) is 15.0 Å². The molecular weight excluding hydrogens is 585 g/mol. The Morgan fingerprint density at radius 3 is 1.19 bits per heavy atom. The van der Waals surface area contributed by atoms with E-state index in [1.165, 1.54) is 11.1 Å². The molecule has 0 bridgehead atoms. The predicted molar refractivity (Wildman–Crippen MR) is 196 cm³/mol. The summed E-state index contributed by atoms with van der Waals surface area (Å²) < 4.78 is 0. The Balaban J connectivity index is 1.31. The van der Waals surface area contributed by atoms with Crippen LogP contribution in [0.15, 0.2) is 182 Å². The topological polar surface area (TPSA) is 51.6 Å². The minimum atomic E-state index is 0.610. The molecule has 4 heteroatoms. The first kappa shape index (κ1) is 28.9. The van der Waals surface area contributed by atoms with Gasteiger partial charge in [-0.15, -0.1) is 0 Å². The van der Waals surface area contributed by atoms with Crippen LogP contribution in [0.2, 0.25) is 0 Å². The van der Waals surface area contributed by atoms with Crippen molar-refractivity contribution in [2.45, 2.75) is 0 Å². The van der Waals surface area contributed by atoms with Crippen molar-refractivity contribution < 1.29 is 0 Å². The van der Waals surface area contributed by atoms with Crippen LogP contribution in [0.3, 0.4) is 0 Å². The molecule has 8 aromatic rings. The van der Waals surface area contributed by atoms with Gasteiger partial charge < -0.3 is 0 Å². The van der Waals surface area contributed by atoms with Gasteiger partial charge in [0.2, 0.25) is 0 Å². The highest BCUT2D eigenvalue weighted by molar-refractivity contribution is 5.93. The maximum absolute atomic E-state index is 5.15. The van der Waals surface area contributed by atoms with Crippen molar-refractivity contribution in [3.8, 4) is 78.7 Å². The average molecular weight is 615 g/mol. The molecule has 0 spiro atoms. The lowest BCUT2D eigenvalue weighted by atomic mass is 9.90. The van der Waals surface area contributed by atoms with Gasteiger partial charge in [0.25, 0.3) is 0 Å². The molecule has 4 nitrogen and oxygen atoms in total. The van der Waals surface area contributed by atoms with Crippen LogP contribution < -0.4 is 0 Å². The average Bonchev–Trinajstić information content (AvgIpc) is 3.19. The molecule has 0 amide bonds. The van der Waals surface area contributed by atoms with Crippen molar-refractivity contribution in [3.05, 3.63) is 182 Å². The van der Waals surface area contributed by atoms with Gasteiger partial charge in [-0.1, -0.05) is 164 Å². The molecule has 226 valence electrons. The summed E-state index contributed by atoms with van der Waals surface area (Å²) in [6, 6.07) is 58.4. The number of pyridine rings is 1. The van der Waals surface area contributed by atoms with Crippen LogP contribution >= 0.6 is 0 Å². The zero-order chi connectivity index (χ0) is 32.1. The zero-order valence-electron chi connectivity index (χ0n) is 26.1. The molecule has 0 fully saturated rings. The third-order valence-corrected chi connectivity index (χ3v) is 8.48. The monoisotopic (exact) mass is 614 g/mol. The zero-order valence-corrected chi connectivity index (χ0v) is 26.1. The van der Waals surface area contributed by atoms with E-state index in [-0.39, 0.29) is 0 Å². The van der Waals surface area contributed by atoms with E-state index in [0.29, 0.717) is 17.5 Å². The molecule has 2 heterocycles. The fourth-order valence-corrected chi connectivity index (χ4v) is 6.06. The largest absolute Gasteiger partial charge is 0.264 e. The van der Waals surface area contributed by atoms with Gasteiger partial charge in [0, 0.05) is 40.2 Å². The Labute approximate surface area is 280 Å². The lowest BCUT2D eigenvalue weighted by molar-refractivity contribution is 1.07. The lowest BCUT2D eigenvalue weighted by Crippen LogP contribution is -2.02. The Bertz CT molecular complexity index is 2190. The summed E-state index contributed by atoms with van der Waals surface area (Å²) in [5, 5.41) is 0. The smallest absolute Gasteiger partial charge is 0.164 e. The van der Waals surface area contributed by atoms with Crippen LogP contribution in [-0.2, 0) is 0 Å². The fourth-order valence-electron chi connectivity index (χ4n) is 6.06. The van der Waals surface area contributed by atoms with Crippen LogP contribution in [0.4, 0.5) is 0 Å². The molecule has 0 aliphatic heterocycles. The maximum atomic E-state index is 5.15. The normalized spacial score (nSPS) is 10.9. The van der Waals surface area contributed by atoms with Gasteiger partial charge in [0.05, 0.1) is 0 Å². The van der Waals surface area contributed by atoms with Crippen molar-refractivity contribution in [1.82, 2.24) is 19.9 Å². The molecular formula is C44H30N4. The molecule has 8 rings (SSSR count). The van der Waals surface area contributed by atoms with E-state index < -0.39 is 0 Å². The number of hydrogen-bond acceptors (Lipinski definition) is 4. The standard InChI is InChI=1S/C44H30N4/c1-4-12-31(13-5-1)33-21-25-36(26-22-33)42-46-43(37-27-23-34(24-28-37)32-14-6-2-7-15-32)48-44(47-42)40-20-10-19-39(38-18-11-29-45-30-38)41(40)35-16-8-3-9-17-35/h1-30H. The predicted octanol–water partition coefficient (Wildman–Crippen LogP) is 10.9. The molecule has 0 aliphatic rings. The third-order valence-electron chi connectivity index (χ3n) is 8.48. The van der Waals surface area contributed by atoms with E-state index in [1.54, 1.807) is 6.20 Å². The molecule has 6 aromatic carbocycles. The van der Waals surface area contributed by atoms with E-state index in [1.807, 2.05) is 30.5 Å². The highest BCUT2D eigenvalue weighted by Gasteiger charge is 2.19. The SMILES string of the molecule is c1ccc(-c2ccc(-c3nc(-c4ccc(-c5ccccc5)cc4)nc(-c4cccc(-c5cccnc5)c4-c4ccccc4)n3)cc2)cc1. The highest BCUT2D eigenvalue weighted by atomic mass is 15.0. The van der Waals surface area contributed by atoms with E-state index in [0.717, 1.165) is 50.1 Å². The molecule has 0 radical (unpaired) electrons. The first-order chi connectivity index (χ1) is 23.8. The number of rotatable bonds is 7. The number of aromatic nitrogens is 4. The Kier molecular flexibility index (Phi) is 7.87.